The van der Waals surface area contributed by atoms with Crippen molar-refractivity contribution in [1.29, 1.82) is 0 Å². The van der Waals surface area contributed by atoms with Crippen LogP contribution >= 0.6 is 11.6 Å². The molecule has 0 aliphatic carbocycles. The van der Waals surface area contributed by atoms with E-state index in [9.17, 15) is 4.39 Å². The lowest BCUT2D eigenvalue weighted by molar-refractivity contribution is 0.0456. The highest BCUT2D eigenvalue weighted by atomic mass is 35.5. The van der Waals surface area contributed by atoms with Gasteiger partial charge < -0.3 is 10.5 Å². The Morgan fingerprint density at radius 1 is 1.16 bits per heavy atom. The van der Waals surface area contributed by atoms with Crippen LogP contribution in [0.4, 0.5) is 4.39 Å². The predicted molar refractivity (Wildman–Crippen MR) is 74.4 cm³/mol. The van der Waals surface area contributed by atoms with Crippen molar-refractivity contribution in [2.24, 2.45) is 5.73 Å². The van der Waals surface area contributed by atoms with Crippen molar-refractivity contribution in [3.8, 4) is 0 Å². The molecule has 2 nitrogen and oxygen atoms in total. The summed E-state index contributed by atoms with van der Waals surface area (Å²) in [6.07, 6.45) is -0.250. The molecule has 2 aromatic carbocycles. The van der Waals surface area contributed by atoms with E-state index in [1.165, 1.54) is 12.1 Å². The van der Waals surface area contributed by atoms with E-state index in [0.717, 1.165) is 11.1 Å². The third-order valence-corrected chi connectivity index (χ3v) is 3.03. The Bertz CT molecular complexity index is 530. The first-order chi connectivity index (χ1) is 9.19. The van der Waals surface area contributed by atoms with Crippen LogP contribution in [-0.4, -0.2) is 6.54 Å². The minimum Gasteiger partial charge on any atom is -0.368 e. The first-order valence-electron chi connectivity index (χ1n) is 6.00. The normalized spacial score (nSPS) is 12.4. The van der Waals surface area contributed by atoms with Gasteiger partial charge in [0.1, 0.15) is 5.82 Å². The Morgan fingerprint density at radius 3 is 2.53 bits per heavy atom. The van der Waals surface area contributed by atoms with Gasteiger partial charge in [0.25, 0.3) is 0 Å². The second kappa shape index (κ2) is 6.66. The first-order valence-corrected chi connectivity index (χ1v) is 6.38. The SMILES string of the molecule is NCC(OCc1cccc(Cl)c1)c1ccc(F)cc1. The molecule has 2 N–H and O–H groups in total. The molecule has 0 fully saturated rings. The van der Waals surface area contributed by atoms with E-state index < -0.39 is 0 Å². The summed E-state index contributed by atoms with van der Waals surface area (Å²) in [6, 6.07) is 13.6. The molecule has 0 saturated carbocycles. The van der Waals surface area contributed by atoms with Crippen LogP contribution in [0.5, 0.6) is 0 Å². The molecule has 0 aromatic heterocycles. The van der Waals surface area contributed by atoms with Gasteiger partial charge in [0.05, 0.1) is 12.7 Å². The third-order valence-electron chi connectivity index (χ3n) is 2.80. The molecule has 0 radical (unpaired) electrons. The van der Waals surface area contributed by atoms with Crippen molar-refractivity contribution in [2.75, 3.05) is 6.54 Å². The zero-order chi connectivity index (χ0) is 13.7. The Kier molecular flexibility index (Phi) is 4.91. The van der Waals surface area contributed by atoms with Gasteiger partial charge >= 0.3 is 0 Å². The van der Waals surface area contributed by atoms with Crippen molar-refractivity contribution in [1.82, 2.24) is 0 Å². The van der Waals surface area contributed by atoms with Crippen molar-refractivity contribution in [3.63, 3.8) is 0 Å². The molecule has 0 bridgehead atoms. The van der Waals surface area contributed by atoms with Gasteiger partial charge in [-0.2, -0.15) is 0 Å². The van der Waals surface area contributed by atoms with E-state index in [2.05, 4.69) is 0 Å². The van der Waals surface area contributed by atoms with Crippen LogP contribution in [0.1, 0.15) is 17.2 Å². The van der Waals surface area contributed by atoms with Gasteiger partial charge in [-0.05, 0) is 35.4 Å². The zero-order valence-electron chi connectivity index (χ0n) is 10.4. The molecule has 0 spiro atoms. The summed E-state index contributed by atoms with van der Waals surface area (Å²) in [6.45, 7) is 0.756. The standard InChI is InChI=1S/C15H15ClFNO/c16-13-3-1-2-11(8-13)10-19-15(9-18)12-4-6-14(17)7-5-12/h1-8,15H,9-10,18H2. The molecular formula is C15H15ClFNO. The maximum atomic E-state index is 12.9. The van der Waals surface area contributed by atoms with Gasteiger partial charge in [0.15, 0.2) is 0 Å². The summed E-state index contributed by atoms with van der Waals surface area (Å²) in [5.41, 5.74) is 7.54. The van der Waals surface area contributed by atoms with Crippen LogP contribution < -0.4 is 5.73 Å². The lowest BCUT2D eigenvalue weighted by atomic mass is 10.1. The quantitative estimate of drug-likeness (QED) is 0.906. The average molecular weight is 280 g/mol. The highest BCUT2D eigenvalue weighted by molar-refractivity contribution is 6.30. The lowest BCUT2D eigenvalue weighted by Gasteiger charge is -2.16. The number of hydrogen-bond donors (Lipinski definition) is 1. The van der Waals surface area contributed by atoms with E-state index in [4.69, 9.17) is 22.1 Å². The summed E-state index contributed by atoms with van der Waals surface area (Å²) in [7, 11) is 0. The van der Waals surface area contributed by atoms with Crippen LogP contribution in [0, 0.1) is 5.82 Å². The van der Waals surface area contributed by atoms with E-state index in [1.807, 2.05) is 24.3 Å². The maximum Gasteiger partial charge on any atom is 0.123 e. The number of halogens is 2. The molecule has 0 heterocycles. The molecule has 0 amide bonds. The van der Waals surface area contributed by atoms with Gasteiger partial charge in [-0.1, -0.05) is 35.9 Å². The Labute approximate surface area is 117 Å². The number of ether oxygens (including phenoxy) is 1. The topological polar surface area (TPSA) is 35.2 Å². The summed E-state index contributed by atoms with van der Waals surface area (Å²) in [5.74, 6) is -0.269. The van der Waals surface area contributed by atoms with Crippen LogP contribution in [0.2, 0.25) is 5.02 Å². The lowest BCUT2D eigenvalue weighted by Crippen LogP contribution is -2.15. The Balaban J connectivity index is 2.01. The fourth-order valence-electron chi connectivity index (χ4n) is 1.80. The second-order valence-corrected chi connectivity index (χ2v) is 4.65. The van der Waals surface area contributed by atoms with Crippen molar-refractivity contribution >= 4 is 11.6 Å². The summed E-state index contributed by atoms with van der Waals surface area (Å²) in [4.78, 5) is 0. The van der Waals surface area contributed by atoms with Crippen LogP contribution in [0.25, 0.3) is 0 Å². The van der Waals surface area contributed by atoms with Crippen molar-refractivity contribution < 1.29 is 9.13 Å². The van der Waals surface area contributed by atoms with Gasteiger partial charge in [-0.15, -0.1) is 0 Å². The fourth-order valence-corrected chi connectivity index (χ4v) is 2.01. The summed E-state index contributed by atoms with van der Waals surface area (Å²) >= 11 is 5.91. The van der Waals surface area contributed by atoms with Gasteiger partial charge in [-0.25, -0.2) is 4.39 Å². The number of rotatable bonds is 5. The van der Waals surface area contributed by atoms with Crippen molar-refractivity contribution in [3.05, 3.63) is 70.5 Å². The monoisotopic (exact) mass is 279 g/mol. The van der Waals surface area contributed by atoms with E-state index >= 15 is 0 Å². The molecule has 19 heavy (non-hydrogen) atoms. The predicted octanol–water partition coefficient (Wildman–Crippen LogP) is 3.70. The molecule has 4 heteroatoms. The molecular weight excluding hydrogens is 265 g/mol. The van der Waals surface area contributed by atoms with Gasteiger partial charge in [-0.3, -0.25) is 0 Å². The maximum absolute atomic E-state index is 12.9. The van der Waals surface area contributed by atoms with Gasteiger partial charge in [0, 0.05) is 11.6 Å². The fraction of sp³-hybridized carbons (Fsp3) is 0.200. The van der Waals surface area contributed by atoms with Crippen LogP contribution in [-0.2, 0) is 11.3 Å². The Hall–Kier alpha value is -1.42. The third kappa shape index (κ3) is 4.03. The largest absolute Gasteiger partial charge is 0.368 e. The van der Waals surface area contributed by atoms with Gasteiger partial charge in [0.2, 0.25) is 0 Å². The number of nitrogens with two attached hydrogens (primary N) is 1. The molecule has 1 unspecified atom stereocenters. The van der Waals surface area contributed by atoms with Crippen LogP contribution in [0.15, 0.2) is 48.5 Å². The summed E-state index contributed by atoms with van der Waals surface area (Å²) < 4.78 is 18.6. The molecule has 0 aliphatic heterocycles. The molecule has 100 valence electrons. The minimum absolute atomic E-state index is 0.250. The highest BCUT2D eigenvalue weighted by Gasteiger charge is 2.10. The minimum atomic E-state index is -0.269. The first kappa shape index (κ1) is 14.0. The molecule has 0 saturated heterocycles. The van der Waals surface area contributed by atoms with E-state index in [0.29, 0.717) is 18.2 Å². The van der Waals surface area contributed by atoms with Crippen LogP contribution in [0.3, 0.4) is 0 Å². The number of hydrogen-bond acceptors (Lipinski definition) is 2. The van der Waals surface area contributed by atoms with Crippen molar-refractivity contribution in [2.45, 2.75) is 12.7 Å². The Morgan fingerprint density at radius 2 is 1.89 bits per heavy atom. The zero-order valence-corrected chi connectivity index (χ0v) is 11.1. The van der Waals surface area contributed by atoms with E-state index in [-0.39, 0.29) is 11.9 Å². The average Bonchev–Trinajstić information content (AvgIpc) is 2.41. The molecule has 0 aliphatic rings. The molecule has 2 aromatic rings. The highest BCUT2D eigenvalue weighted by Crippen LogP contribution is 2.19. The smallest absolute Gasteiger partial charge is 0.123 e. The number of benzene rings is 2. The second-order valence-electron chi connectivity index (χ2n) is 4.22. The summed E-state index contributed by atoms with van der Waals surface area (Å²) in [5, 5.41) is 0.673. The molecule has 2 rings (SSSR count). The molecule has 1 atom stereocenters. The van der Waals surface area contributed by atoms with E-state index in [1.54, 1.807) is 12.1 Å².